The number of nitrogen functional groups attached to an aromatic ring is 1. The number of rotatable bonds is 14. The molecule has 56 heavy (non-hydrogen) atoms. The van der Waals surface area contributed by atoms with Crippen molar-refractivity contribution in [1.82, 2.24) is 19.8 Å². The first-order valence-corrected chi connectivity index (χ1v) is 19.3. The van der Waals surface area contributed by atoms with E-state index in [4.69, 9.17) is 20.4 Å². The Kier molecular flexibility index (Phi) is 13.0. The Hall–Kier alpha value is -5.51. The molecular weight excluding hydrogens is 775 g/mol. The number of nitrogens with zero attached hydrogens (tertiary/aromatic N) is 5. The van der Waals surface area contributed by atoms with E-state index in [1.807, 2.05) is 6.92 Å². The Balaban J connectivity index is 0.00000295. The van der Waals surface area contributed by atoms with Gasteiger partial charge >= 0.3 is 11.9 Å². The second-order valence-electron chi connectivity index (χ2n) is 13.1. The smallest absolute Gasteiger partial charge is 0.355 e. The molecule has 1 aromatic carbocycles. The highest BCUT2D eigenvalue weighted by Crippen LogP contribution is 2.42. The lowest BCUT2D eigenvalue weighted by atomic mass is 10.0. The number of ether oxygens (including phenoxy) is 1. The fourth-order valence-corrected chi connectivity index (χ4v) is 9.01. The number of carboxylic acids is 1. The third-order valence-electron chi connectivity index (χ3n) is 9.70. The van der Waals surface area contributed by atoms with Gasteiger partial charge in [0.2, 0.25) is 6.10 Å². The summed E-state index contributed by atoms with van der Waals surface area (Å²) < 4.78 is 7.30. The molecule has 300 valence electrons. The number of hydrogen-bond donors (Lipinski definition) is 6. The zero-order valence-electron chi connectivity index (χ0n) is 30.7. The molecule has 0 aliphatic carbocycles. The number of aromatic nitrogens is 2. The van der Waals surface area contributed by atoms with Crippen LogP contribution in [0.5, 0.6) is 11.5 Å². The minimum absolute atomic E-state index is 0.0470. The molecule has 6 rings (SSSR count). The summed E-state index contributed by atoms with van der Waals surface area (Å²) in [5, 5.41) is 44.3. The zero-order valence-corrected chi connectivity index (χ0v) is 32.3. The van der Waals surface area contributed by atoms with E-state index in [0.717, 1.165) is 31.3 Å². The van der Waals surface area contributed by atoms with Gasteiger partial charge in [-0.1, -0.05) is 5.16 Å². The molecule has 2 fully saturated rings. The molecule has 21 heteroatoms. The Morgan fingerprint density at radius 2 is 1.89 bits per heavy atom. The third-order valence-corrected chi connectivity index (χ3v) is 11.7. The summed E-state index contributed by atoms with van der Waals surface area (Å²) in [4.78, 5) is 87.2. The van der Waals surface area contributed by atoms with Gasteiger partial charge in [-0.25, -0.2) is 14.6 Å². The number of carbonyl (C=O) groups is 5. The number of carbonyl (C=O) groups excluding carboxylic acids is 4. The van der Waals surface area contributed by atoms with Crippen LogP contribution in [0, 0.1) is 0 Å². The van der Waals surface area contributed by atoms with E-state index >= 15 is 0 Å². The Morgan fingerprint density at radius 1 is 1.18 bits per heavy atom. The number of quaternary nitrogens is 1. The van der Waals surface area contributed by atoms with Crippen LogP contribution in [0.25, 0.3) is 10.9 Å². The molecule has 0 bridgehead atoms. The van der Waals surface area contributed by atoms with E-state index in [1.165, 1.54) is 41.3 Å². The normalized spacial score (nSPS) is 19.3. The van der Waals surface area contributed by atoms with E-state index < -0.39 is 53.4 Å². The van der Waals surface area contributed by atoms with Gasteiger partial charge in [0.25, 0.3) is 11.8 Å². The number of esters is 1. The summed E-state index contributed by atoms with van der Waals surface area (Å²) in [5.74, 6) is -4.15. The fraction of sp³-hybridized carbons (Fsp3) is 0.429. The van der Waals surface area contributed by atoms with Gasteiger partial charge in [0.15, 0.2) is 27.8 Å². The lowest BCUT2D eigenvalue weighted by Gasteiger charge is -2.50. The second-order valence-corrected chi connectivity index (χ2v) is 15.1. The lowest BCUT2D eigenvalue weighted by Crippen LogP contribution is -2.71. The summed E-state index contributed by atoms with van der Waals surface area (Å²) in [5.41, 5.74) is 6.40. The summed E-state index contributed by atoms with van der Waals surface area (Å²) in [6, 6.07) is 1.66. The van der Waals surface area contributed by atoms with Crippen LogP contribution in [0.4, 0.5) is 5.13 Å². The van der Waals surface area contributed by atoms with Crippen LogP contribution in [0.2, 0.25) is 0 Å². The van der Waals surface area contributed by atoms with Crippen LogP contribution >= 0.6 is 23.1 Å². The van der Waals surface area contributed by atoms with Crippen molar-refractivity contribution in [3.63, 3.8) is 0 Å². The van der Waals surface area contributed by atoms with Crippen LogP contribution in [-0.4, -0.2) is 132 Å². The molecule has 2 saturated heterocycles. The van der Waals surface area contributed by atoms with Crippen LogP contribution in [0.3, 0.4) is 0 Å². The number of likely N-dealkylation sites (tertiary alicyclic amines) is 1. The number of aromatic hydroxyl groups is 2. The van der Waals surface area contributed by atoms with E-state index in [2.05, 4.69) is 15.5 Å². The molecular formula is C35H42N7O12S2+. The Bertz CT molecular complexity index is 2160. The average molecular weight is 817 g/mol. The third kappa shape index (κ3) is 8.06. The number of methoxy groups -OCH3 is 1. The number of fused-ring (bicyclic) bond motifs is 2. The topological polar surface area (TPSA) is 273 Å². The molecule has 2 amide bonds. The average Bonchev–Trinajstić information content (AvgIpc) is 3.84. The zero-order chi connectivity index (χ0) is 40.9. The molecule has 0 radical (unpaired) electrons. The van der Waals surface area contributed by atoms with Gasteiger partial charge in [-0.05, 0) is 19.1 Å². The number of aliphatic carboxylic acids is 1. The van der Waals surface area contributed by atoms with Gasteiger partial charge in [-0.15, -0.1) is 23.1 Å². The van der Waals surface area contributed by atoms with Gasteiger partial charge in [-0.2, -0.15) is 0 Å². The quantitative estimate of drug-likeness (QED) is 0.0246. The molecule has 3 aromatic rings. The molecule has 3 aliphatic rings. The lowest BCUT2D eigenvalue weighted by molar-refractivity contribution is -0.925. The molecule has 7 N–H and O–H groups in total. The largest absolute Gasteiger partial charge is 0.504 e. The van der Waals surface area contributed by atoms with Crippen molar-refractivity contribution < 1.29 is 58.5 Å². The molecule has 2 unspecified atom stereocenters. The number of aryl methyl sites for hydroxylation is 1. The van der Waals surface area contributed by atoms with Crippen molar-refractivity contribution in [1.29, 1.82) is 0 Å². The molecule has 3 atom stereocenters. The number of β-lactam (4-membered cyclic amide) rings is 1. The molecule has 2 aromatic heterocycles. The number of aliphatic hydroxyl groups is 1. The number of thioether (sulfide) groups is 1. The number of hydrogen-bond acceptors (Lipinski definition) is 16. The number of aliphatic hydroxyl groups excluding tert-OH is 1. The second kappa shape index (κ2) is 17.5. The van der Waals surface area contributed by atoms with E-state index in [-0.39, 0.29) is 44.4 Å². The number of phenolic OH excluding ortho intramolecular Hbond substituents is 2. The number of thiazole rings is 1. The maximum atomic E-state index is 13.8. The SMILES string of the molecule is CCn1cc(C[N+]2(CC3=C(C(=O)OC)N4C(=O)C(NC(=O)/C(=N\O[C@@H](CC=O)C(=O)O)c5csc(N)n5)C4SC3)CCCC2)c(=O)c2ccc(O)c(O)c21.CO. The van der Waals surface area contributed by atoms with Crippen LogP contribution < -0.4 is 16.5 Å². The van der Waals surface area contributed by atoms with Gasteiger partial charge in [0.05, 0.1) is 43.1 Å². The minimum Gasteiger partial charge on any atom is -0.504 e. The fourth-order valence-electron chi connectivity index (χ4n) is 7.13. The molecule has 0 spiro atoms. The summed E-state index contributed by atoms with van der Waals surface area (Å²) >= 11 is 2.31. The number of carboxylic acid groups (broad SMARTS) is 1. The highest BCUT2D eigenvalue weighted by Gasteiger charge is 2.55. The maximum absolute atomic E-state index is 13.8. The van der Waals surface area contributed by atoms with Crippen molar-refractivity contribution in [2.24, 2.45) is 5.16 Å². The standard InChI is InChI=1S/C34H37N7O11S2.CH4O/c1-3-39-12-17(27(44)19-6-7-21(43)28(45)26(19)39)13-41(9-4-5-10-41)14-18-15-53-31-24(30(47)40(31)25(18)33(50)51-2)37-29(46)23(20-16-54-34(35)36-20)38-52-22(8-11-42)32(48)49;1-2/h6-7,11-12,16,22,24,31H,3-5,8-10,13-15H2,1-2H3,(H5-,35,36,37,38,43,44,45,46,48,49);2H,1H3/p+1/t22-,24?,31?;/m0./s1. The number of amides is 2. The molecule has 3 aliphatic heterocycles. The van der Waals surface area contributed by atoms with Crippen molar-refractivity contribution >= 4 is 74.9 Å². The van der Waals surface area contributed by atoms with Gasteiger partial charge in [0.1, 0.15) is 42.2 Å². The van der Waals surface area contributed by atoms with Crippen LogP contribution in [-0.2, 0) is 46.6 Å². The first-order chi connectivity index (χ1) is 26.8. The number of phenols is 2. The summed E-state index contributed by atoms with van der Waals surface area (Å²) in [7, 11) is 2.21. The number of nitrogens with two attached hydrogens (primary N) is 1. The minimum atomic E-state index is -1.68. The summed E-state index contributed by atoms with van der Waals surface area (Å²) in [6.45, 7) is 4.33. The van der Waals surface area contributed by atoms with E-state index in [1.54, 1.807) is 10.8 Å². The monoisotopic (exact) mass is 816 g/mol. The highest BCUT2D eigenvalue weighted by atomic mass is 32.2. The predicted octanol–water partition coefficient (Wildman–Crippen LogP) is 0.481. The first-order valence-electron chi connectivity index (χ1n) is 17.4. The van der Waals surface area contributed by atoms with Crippen LogP contribution in [0.15, 0.2) is 44.9 Å². The number of nitrogens with one attached hydrogen (secondary N) is 1. The van der Waals surface area contributed by atoms with Crippen molar-refractivity contribution in [3.05, 3.63) is 56.5 Å². The number of pyridine rings is 1. The molecule has 5 heterocycles. The number of anilines is 1. The van der Waals surface area contributed by atoms with Gasteiger partial charge in [-0.3, -0.25) is 19.3 Å². The Morgan fingerprint density at radius 3 is 2.50 bits per heavy atom. The van der Waals surface area contributed by atoms with Gasteiger partial charge < -0.3 is 54.9 Å². The van der Waals surface area contributed by atoms with Crippen molar-refractivity contribution in [2.45, 2.75) is 56.8 Å². The highest BCUT2D eigenvalue weighted by molar-refractivity contribution is 8.00. The van der Waals surface area contributed by atoms with Crippen molar-refractivity contribution in [3.8, 4) is 11.5 Å². The molecule has 19 nitrogen and oxygen atoms in total. The van der Waals surface area contributed by atoms with Crippen molar-refractivity contribution in [2.75, 3.05) is 45.3 Å². The maximum Gasteiger partial charge on any atom is 0.355 e. The van der Waals surface area contributed by atoms with Gasteiger partial charge in [0, 0.05) is 49.4 Å². The van der Waals surface area contributed by atoms with Crippen LogP contribution in [0.1, 0.15) is 37.4 Å². The predicted molar refractivity (Wildman–Crippen MR) is 203 cm³/mol. The summed E-state index contributed by atoms with van der Waals surface area (Å²) in [6.07, 6.45) is 1.55. The first kappa shape index (κ1) is 41.6. The van der Waals surface area contributed by atoms with E-state index in [9.17, 15) is 44.1 Å². The molecule has 0 saturated carbocycles. The Labute approximate surface area is 327 Å². The number of aldehydes is 1. The van der Waals surface area contributed by atoms with E-state index in [0.29, 0.717) is 60.4 Å². The number of benzene rings is 1. The number of oxime groups is 1.